The van der Waals surface area contributed by atoms with Crippen molar-refractivity contribution in [3.63, 3.8) is 0 Å². The molecule has 1 amide bonds. The first-order chi connectivity index (χ1) is 12.1. The van der Waals surface area contributed by atoms with Crippen LogP contribution in [-0.4, -0.2) is 20.9 Å². The van der Waals surface area contributed by atoms with Gasteiger partial charge in [-0.1, -0.05) is 0 Å². The fraction of sp³-hybridized carbons (Fsp3) is 0.118. The number of aryl methyl sites for hydroxylation is 2. The number of aromatic amines is 1. The molecule has 4 heterocycles. The standard InChI is InChI=1S/C17H14N4OS3/c1-9-3-4-15(25-9)14-8-24-17(20-14)21-16(22)12-5-11(6-18-12)13-7-23-10(2)19-13/h3-8,18H,1-2H3,(H,20,21,22). The highest BCUT2D eigenvalue weighted by Gasteiger charge is 2.14. The Morgan fingerprint density at radius 3 is 2.68 bits per heavy atom. The summed E-state index contributed by atoms with van der Waals surface area (Å²) in [6.07, 6.45) is 1.80. The number of nitrogens with zero attached hydrogens (tertiary/aromatic N) is 2. The van der Waals surface area contributed by atoms with Crippen molar-refractivity contribution >= 4 is 45.0 Å². The van der Waals surface area contributed by atoms with Crippen molar-refractivity contribution in [1.82, 2.24) is 15.0 Å². The molecule has 25 heavy (non-hydrogen) atoms. The van der Waals surface area contributed by atoms with Gasteiger partial charge >= 0.3 is 0 Å². The Morgan fingerprint density at radius 2 is 1.96 bits per heavy atom. The zero-order chi connectivity index (χ0) is 17.4. The number of hydrogen-bond acceptors (Lipinski definition) is 6. The minimum atomic E-state index is -0.207. The lowest BCUT2D eigenvalue weighted by atomic mass is 10.2. The van der Waals surface area contributed by atoms with Crippen LogP contribution < -0.4 is 5.32 Å². The van der Waals surface area contributed by atoms with Crippen molar-refractivity contribution < 1.29 is 4.79 Å². The van der Waals surface area contributed by atoms with Gasteiger partial charge in [0, 0.05) is 27.4 Å². The summed E-state index contributed by atoms with van der Waals surface area (Å²) in [6.45, 7) is 4.03. The number of aromatic nitrogens is 3. The van der Waals surface area contributed by atoms with Crippen LogP contribution in [0.25, 0.3) is 21.8 Å². The topological polar surface area (TPSA) is 70.7 Å². The average Bonchev–Trinajstić information content (AvgIpc) is 3.32. The van der Waals surface area contributed by atoms with E-state index in [0.717, 1.165) is 26.8 Å². The molecule has 0 atom stereocenters. The number of anilines is 1. The largest absolute Gasteiger partial charge is 0.357 e. The number of H-pyrrole nitrogens is 1. The van der Waals surface area contributed by atoms with Gasteiger partial charge in [-0.15, -0.1) is 34.0 Å². The number of thiazole rings is 2. The molecule has 5 nitrogen and oxygen atoms in total. The van der Waals surface area contributed by atoms with E-state index in [0.29, 0.717) is 10.8 Å². The van der Waals surface area contributed by atoms with Gasteiger partial charge in [0.2, 0.25) is 0 Å². The van der Waals surface area contributed by atoms with Crippen molar-refractivity contribution in [1.29, 1.82) is 0 Å². The maximum absolute atomic E-state index is 12.4. The molecular weight excluding hydrogens is 372 g/mol. The summed E-state index contributed by atoms with van der Waals surface area (Å²) in [5.41, 5.74) is 3.17. The Labute approximate surface area is 156 Å². The summed E-state index contributed by atoms with van der Waals surface area (Å²) < 4.78 is 0. The van der Waals surface area contributed by atoms with Gasteiger partial charge in [0.1, 0.15) is 5.69 Å². The van der Waals surface area contributed by atoms with Crippen LogP contribution in [0.15, 0.2) is 35.2 Å². The lowest BCUT2D eigenvalue weighted by Crippen LogP contribution is -2.11. The van der Waals surface area contributed by atoms with Crippen molar-refractivity contribution in [2.75, 3.05) is 5.32 Å². The highest BCUT2D eigenvalue weighted by molar-refractivity contribution is 7.17. The molecule has 0 saturated heterocycles. The second kappa shape index (κ2) is 6.55. The summed E-state index contributed by atoms with van der Waals surface area (Å²) in [4.78, 5) is 26.7. The Bertz CT molecular complexity index is 1040. The molecule has 126 valence electrons. The van der Waals surface area contributed by atoms with E-state index in [1.807, 2.05) is 23.8 Å². The molecule has 0 aliphatic rings. The van der Waals surface area contributed by atoms with E-state index in [2.05, 4.69) is 33.3 Å². The van der Waals surface area contributed by atoms with E-state index in [9.17, 15) is 4.79 Å². The fourth-order valence-electron chi connectivity index (χ4n) is 2.35. The normalized spacial score (nSPS) is 11.0. The second-order valence-corrected chi connectivity index (χ2v) is 8.66. The first-order valence-electron chi connectivity index (χ1n) is 7.53. The van der Waals surface area contributed by atoms with Crippen molar-refractivity contribution in [3.8, 4) is 21.8 Å². The summed E-state index contributed by atoms with van der Waals surface area (Å²) in [7, 11) is 0. The molecule has 0 spiro atoms. The molecular formula is C17H14N4OS3. The number of amides is 1. The third-order valence-electron chi connectivity index (χ3n) is 3.56. The monoisotopic (exact) mass is 386 g/mol. The predicted octanol–water partition coefficient (Wildman–Crippen LogP) is 5.19. The minimum absolute atomic E-state index is 0.207. The van der Waals surface area contributed by atoms with Crippen LogP contribution in [0.4, 0.5) is 5.13 Å². The third-order valence-corrected chi connectivity index (χ3v) is 6.11. The number of carbonyl (C=O) groups excluding carboxylic acids is 1. The number of thiophene rings is 1. The molecule has 0 aromatic carbocycles. The summed E-state index contributed by atoms with van der Waals surface area (Å²) in [6, 6.07) is 5.92. The van der Waals surface area contributed by atoms with Gasteiger partial charge in [-0.3, -0.25) is 10.1 Å². The van der Waals surface area contributed by atoms with E-state index in [4.69, 9.17) is 0 Å². The van der Waals surface area contributed by atoms with Gasteiger partial charge in [0.25, 0.3) is 5.91 Å². The van der Waals surface area contributed by atoms with Crippen LogP contribution >= 0.6 is 34.0 Å². The predicted molar refractivity (Wildman–Crippen MR) is 105 cm³/mol. The zero-order valence-corrected chi connectivity index (χ0v) is 15.9. The molecule has 0 saturated carbocycles. The van der Waals surface area contributed by atoms with E-state index >= 15 is 0 Å². The second-order valence-electron chi connectivity index (χ2n) is 5.46. The maximum Gasteiger partial charge on any atom is 0.273 e. The first kappa shape index (κ1) is 16.2. The quantitative estimate of drug-likeness (QED) is 0.507. The molecule has 0 aliphatic carbocycles. The highest BCUT2D eigenvalue weighted by Crippen LogP contribution is 2.30. The van der Waals surface area contributed by atoms with Gasteiger partial charge in [0.05, 0.1) is 21.3 Å². The Hall–Kier alpha value is -2.29. The number of hydrogen-bond donors (Lipinski definition) is 2. The first-order valence-corrected chi connectivity index (χ1v) is 10.1. The molecule has 4 rings (SSSR count). The van der Waals surface area contributed by atoms with Crippen LogP contribution in [0, 0.1) is 13.8 Å². The van der Waals surface area contributed by atoms with E-state index < -0.39 is 0 Å². The van der Waals surface area contributed by atoms with Crippen LogP contribution in [0.3, 0.4) is 0 Å². The number of carbonyl (C=O) groups is 1. The summed E-state index contributed by atoms with van der Waals surface area (Å²) in [5.74, 6) is -0.207. The van der Waals surface area contributed by atoms with E-state index in [-0.39, 0.29) is 5.91 Å². The lowest BCUT2D eigenvalue weighted by Gasteiger charge is -1.98. The van der Waals surface area contributed by atoms with E-state index in [1.54, 1.807) is 34.9 Å². The Morgan fingerprint density at radius 1 is 1.12 bits per heavy atom. The zero-order valence-electron chi connectivity index (χ0n) is 13.5. The molecule has 0 aliphatic heterocycles. The van der Waals surface area contributed by atoms with Crippen LogP contribution in [0.1, 0.15) is 20.4 Å². The maximum atomic E-state index is 12.4. The van der Waals surface area contributed by atoms with Gasteiger partial charge in [-0.25, -0.2) is 9.97 Å². The fourth-order valence-corrected chi connectivity index (χ4v) is 4.58. The number of rotatable bonds is 4. The molecule has 4 aromatic rings. The smallest absolute Gasteiger partial charge is 0.273 e. The molecule has 0 unspecified atom stereocenters. The SMILES string of the molecule is Cc1ccc(-c2csc(NC(=O)c3cc(-c4csc(C)n4)c[nH]3)n2)s1. The Kier molecular flexibility index (Phi) is 4.24. The van der Waals surface area contributed by atoms with Gasteiger partial charge in [-0.05, 0) is 32.0 Å². The van der Waals surface area contributed by atoms with Gasteiger partial charge in [-0.2, -0.15) is 0 Å². The summed E-state index contributed by atoms with van der Waals surface area (Å²) >= 11 is 4.70. The minimum Gasteiger partial charge on any atom is -0.357 e. The Balaban J connectivity index is 1.49. The molecule has 8 heteroatoms. The number of nitrogens with one attached hydrogen (secondary N) is 2. The van der Waals surface area contributed by atoms with Crippen molar-refractivity contribution in [3.05, 3.63) is 50.7 Å². The van der Waals surface area contributed by atoms with Crippen LogP contribution in [0.5, 0.6) is 0 Å². The van der Waals surface area contributed by atoms with Crippen LogP contribution in [0.2, 0.25) is 0 Å². The van der Waals surface area contributed by atoms with Gasteiger partial charge in [0.15, 0.2) is 5.13 Å². The summed E-state index contributed by atoms with van der Waals surface area (Å²) in [5, 5.41) is 8.38. The van der Waals surface area contributed by atoms with Crippen molar-refractivity contribution in [2.45, 2.75) is 13.8 Å². The lowest BCUT2D eigenvalue weighted by molar-refractivity contribution is 0.102. The van der Waals surface area contributed by atoms with Crippen molar-refractivity contribution in [2.24, 2.45) is 0 Å². The molecule has 0 radical (unpaired) electrons. The average molecular weight is 387 g/mol. The molecule has 4 aromatic heterocycles. The highest BCUT2D eigenvalue weighted by atomic mass is 32.1. The third kappa shape index (κ3) is 3.41. The molecule has 2 N–H and O–H groups in total. The van der Waals surface area contributed by atoms with Gasteiger partial charge < -0.3 is 4.98 Å². The van der Waals surface area contributed by atoms with E-state index in [1.165, 1.54) is 16.2 Å². The molecule has 0 fully saturated rings. The van der Waals surface area contributed by atoms with Crippen LogP contribution in [-0.2, 0) is 0 Å². The molecule has 0 bridgehead atoms.